The average Bonchev–Trinajstić information content (AvgIpc) is 2.99. The SMILES string of the molecule is c1ccc2c(c1)Cc1cc(-c3ncc4ccccc4n3)ccc1-2. The minimum absolute atomic E-state index is 0.794. The molecule has 4 aromatic rings. The van der Waals surface area contributed by atoms with E-state index in [9.17, 15) is 0 Å². The Labute approximate surface area is 134 Å². The number of aromatic nitrogens is 2. The molecule has 0 N–H and O–H groups in total. The summed E-state index contributed by atoms with van der Waals surface area (Å²) in [5.74, 6) is 0.794. The van der Waals surface area contributed by atoms with Crippen molar-refractivity contribution in [3.8, 4) is 22.5 Å². The Kier molecular flexibility index (Phi) is 2.59. The van der Waals surface area contributed by atoms with Crippen LogP contribution in [0.15, 0.2) is 72.9 Å². The Morgan fingerprint density at radius 3 is 2.57 bits per heavy atom. The van der Waals surface area contributed by atoms with Crippen molar-refractivity contribution in [3.05, 3.63) is 84.1 Å². The van der Waals surface area contributed by atoms with Gasteiger partial charge in [0.05, 0.1) is 5.52 Å². The highest BCUT2D eigenvalue weighted by Crippen LogP contribution is 2.38. The maximum atomic E-state index is 4.71. The number of para-hydroxylation sites is 1. The van der Waals surface area contributed by atoms with Crippen molar-refractivity contribution in [1.82, 2.24) is 9.97 Å². The first-order chi connectivity index (χ1) is 11.4. The highest BCUT2D eigenvalue weighted by atomic mass is 14.9. The standard InChI is InChI=1S/C21H14N2/c1-3-7-18-14(5-1)11-17-12-15(9-10-19(17)18)21-22-13-16-6-2-4-8-20(16)23-21/h1-10,12-13H,11H2. The van der Waals surface area contributed by atoms with Gasteiger partial charge in [0.25, 0.3) is 0 Å². The first-order valence-corrected chi connectivity index (χ1v) is 7.82. The molecule has 1 aliphatic rings. The van der Waals surface area contributed by atoms with E-state index in [0.717, 1.165) is 28.7 Å². The molecule has 0 radical (unpaired) electrons. The molecular formula is C21H14N2. The van der Waals surface area contributed by atoms with Gasteiger partial charge in [-0.2, -0.15) is 0 Å². The van der Waals surface area contributed by atoms with E-state index in [1.165, 1.54) is 22.3 Å². The molecule has 1 heterocycles. The van der Waals surface area contributed by atoms with Crippen molar-refractivity contribution >= 4 is 10.9 Å². The maximum Gasteiger partial charge on any atom is 0.159 e. The summed E-state index contributed by atoms with van der Waals surface area (Å²) in [5.41, 5.74) is 7.53. The van der Waals surface area contributed by atoms with Crippen molar-refractivity contribution in [2.24, 2.45) is 0 Å². The Hall–Kier alpha value is -3.00. The zero-order valence-corrected chi connectivity index (χ0v) is 12.5. The Balaban J connectivity index is 1.63. The molecule has 23 heavy (non-hydrogen) atoms. The van der Waals surface area contributed by atoms with Gasteiger partial charge in [-0.25, -0.2) is 9.97 Å². The highest BCUT2D eigenvalue weighted by Gasteiger charge is 2.18. The monoisotopic (exact) mass is 294 g/mol. The molecular weight excluding hydrogens is 280 g/mol. The molecule has 1 aromatic heterocycles. The topological polar surface area (TPSA) is 25.8 Å². The average molecular weight is 294 g/mol. The lowest BCUT2D eigenvalue weighted by atomic mass is 10.0. The van der Waals surface area contributed by atoms with Gasteiger partial charge in [-0.15, -0.1) is 0 Å². The zero-order valence-electron chi connectivity index (χ0n) is 12.5. The molecule has 108 valence electrons. The molecule has 3 aromatic carbocycles. The van der Waals surface area contributed by atoms with Crippen molar-refractivity contribution in [1.29, 1.82) is 0 Å². The van der Waals surface area contributed by atoms with Crippen LogP contribution in [0.25, 0.3) is 33.4 Å². The van der Waals surface area contributed by atoms with Crippen LogP contribution in [0.5, 0.6) is 0 Å². The van der Waals surface area contributed by atoms with Gasteiger partial charge in [0.2, 0.25) is 0 Å². The van der Waals surface area contributed by atoms with Gasteiger partial charge in [0.1, 0.15) is 0 Å². The molecule has 2 nitrogen and oxygen atoms in total. The fraction of sp³-hybridized carbons (Fsp3) is 0.0476. The van der Waals surface area contributed by atoms with E-state index in [4.69, 9.17) is 4.98 Å². The minimum Gasteiger partial charge on any atom is -0.236 e. The number of hydrogen-bond donors (Lipinski definition) is 0. The van der Waals surface area contributed by atoms with Crippen LogP contribution in [0.4, 0.5) is 0 Å². The molecule has 0 unspecified atom stereocenters. The van der Waals surface area contributed by atoms with Crippen molar-refractivity contribution < 1.29 is 0 Å². The number of rotatable bonds is 1. The summed E-state index contributed by atoms with van der Waals surface area (Å²) in [6.45, 7) is 0. The molecule has 0 fully saturated rings. The van der Waals surface area contributed by atoms with E-state index in [2.05, 4.69) is 47.4 Å². The van der Waals surface area contributed by atoms with Gasteiger partial charge in [0, 0.05) is 17.1 Å². The third-order valence-corrected chi connectivity index (χ3v) is 4.54. The van der Waals surface area contributed by atoms with E-state index in [-0.39, 0.29) is 0 Å². The molecule has 0 spiro atoms. The Morgan fingerprint density at radius 1 is 0.739 bits per heavy atom. The van der Waals surface area contributed by atoms with Crippen LogP contribution >= 0.6 is 0 Å². The number of nitrogens with zero attached hydrogens (tertiary/aromatic N) is 2. The molecule has 0 bridgehead atoms. The maximum absolute atomic E-state index is 4.71. The predicted molar refractivity (Wildman–Crippen MR) is 93.2 cm³/mol. The summed E-state index contributed by atoms with van der Waals surface area (Å²) in [6.07, 6.45) is 2.90. The molecule has 0 saturated heterocycles. The summed E-state index contributed by atoms with van der Waals surface area (Å²) in [4.78, 5) is 9.25. The zero-order chi connectivity index (χ0) is 15.2. The second-order valence-electron chi connectivity index (χ2n) is 5.96. The van der Waals surface area contributed by atoms with Gasteiger partial charge < -0.3 is 0 Å². The third kappa shape index (κ3) is 1.95. The highest BCUT2D eigenvalue weighted by molar-refractivity contribution is 5.81. The molecule has 0 atom stereocenters. The summed E-state index contributed by atoms with van der Waals surface area (Å²) >= 11 is 0. The Morgan fingerprint density at radius 2 is 1.57 bits per heavy atom. The predicted octanol–water partition coefficient (Wildman–Crippen LogP) is 4.87. The van der Waals surface area contributed by atoms with E-state index < -0.39 is 0 Å². The van der Waals surface area contributed by atoms with E-state index in [0.29, 0.717) is 0 Å². The lowest BCUT2D eigenvalue weighted by molar-refractivity contribution is 1.21. The fourth-order valence-corrected chi connectivity index (χ4v) is 3.40. The first-order valence-electron chi connectivity index (χ1n) is 7.82. The van der Waals surface area contributed by atoms with Crippen LogP contribution < -0.4 is 0 Å². The lowest BCUT2D eigenvalue weighted by Crippen LogP contribution is -1.91. The summed E-state index contributed by atoms with van der Waals surface area (Å²) in [7, 11) is 0. The molecule has 0 aliphatic heterocycles. The van der Waals surface area contributed by atoms with E-state index in [1.54, 1.807) is 0 Å². The van der Waals surface area contributed by atoms with Crippen molar-refractivity contribution in [3.63, 3.8) is 0 Å². The fourth-order valence-electron chi connectivity index (χ4n) is 3.40. The minimum atomic E-state index is 0.794. The molecule has 0 saturated carbocycles. The molecule has 1 aliphatic carbocycles. The Bertz CT molecular complexity index is 1050. The van der Waals surface area contributed by atoms with Gasteiger partial charge in [-0.1, -0.05) is 54.6 Å². The summed E-state index contributed by atoms with van der Waals surface area (Å²) in [5, 5.41) is 1.07. The second-order valence-corrected chi connectivity index (χ2v) is 5.96. The van der Waals surface area contributed by atoms with Crippen LogP contribution in [0.3, 0.4) is 0 Å². The van der Waals surface area contributed by atoms with Crippen LogP contribution in [0.1, 0.15) is 11.1 Å². The van der Waals surface area contributed by atoms with Crippen LogP contribution in [-0.4, -0.2) is 9.97 Å². The number of fused-ring (bicyclic) bond motifs is 4. The van der Waals surface area contributed by atoms with Crippen LogP contribution in [-0.2, 0) is 6.42 Å². The van der Waals surface area contributed by atoms with Crippen LogP contribution in [0, 0.1) is 0 Å². The summed E-state index contributed by atoms with van der Waals surface area (Å²) < 4.78 is 0. The number of hydrogen-bond acceptors (Lipinski definition) is 2. The van der Waals surface area contributed by atoms with E-state index in [1.807, 2.05) is 30.5 Å². The lowest BCUT2D eigenvalue weighted by Gasteiger charge is -2.05. The normalized spacial score (nSPS) is 12.2. The first kappa shape index (κ1) is 12.5. The second kappa shape index (κ2) is 4.75. The smallest absolute Gasteiger partial charge is 0.159 e. The molecule has 2 heteroatoms. The quantitative estimate of drug-likeness (QED) is 0.441. The van der Waals surface area contributed by atoms with E-state index >= 15 is 0 Å². The van der Waals surface area contributed by atoms with Gasteiger partial charge in [-0.3, -0.25) is 0 Å². The third-order valence-electron chi connectivity index (χ3n) is 4.54. The van der Waals surface area contributed by atoms with Crippen molar-refractivity contribution in [2.45, 2.75) is 6.42 Å². The summed E-state index contributed by atoms with van der Waals surface area (Å²) in [6, 6.07) is 23.3. The van der Waals surface area contributed by atoms with Crippen molar-refractivity contribution in [2.75, 3.05) is 0 Å². The largest absolute Gasteiger partial charge is 0.236 e. The van der Waals surface area contributed by atoms with Gasteiger partial charge >= 0.3 is 0 Å². The molecule has 5 rings (SSSR count). The van der Waals surface area contributed by atoms with Gasteiger partial charge in [0.15, 0.2) is 5.82 Å². The van der Waals surface area contributed by atoms with Crippen LogP contribution in [0.2, 0.25) is 0 Å². The number of benzene rings is 3. The van der Waals surface area contributed by atoms with Gasteiger partial charge in [-0.05, 0) is 40.8 Å². The molecule has 0 amide bonds.